The van der Waals surface area contributed by atoms with Crippen LogP contribution in [-0.4, -0.2) is 24.5 Å². The Morgan fingerprint density at radius 3 is 1.83 bits per heavy atom. The van der Waals surface area contributed by atoms with E-state index in [1.165, 1.54) is 5.56 Å². The number of aromatic nitrogens is 5. The van der Waals surface area contributed by atoms with Crippen LogP contribution in [-0.2, 0) is 0 Å². The molecule has 0 aliphatic heterocycles. The van der Waals surface area contributed by atoms with E-state index in [0.29, 0.717) is 0 Å². The molecule has 0 saturated heterocycles. The van der Waals surface area contributed by atoms with Gasteiger partial charge >= 0.3 is 0 Å². The fraction of sp³-hybridized carbons (Fsp3) is 0. The summed E-state index contributed by atoms with van der Waals surface area (Å²) in [5, 5.41) is 4.35. The van der Waals surface area contributed by atoms with Gasteiger partial charge in [0.2, 0.25) is 0 Å². The molecular weight excluding hydrogens is 637 g/mol. The maximum atomic E-state index is 5.26. The second-order valence-electron chi connectivity index (χ2n) is 12.8. The molecule has 10 aromatic rings. The first-order chi connectivity index (χ1) is 25.8. The second kappa shape index (κ2) is 12.3. The number of anilines is 3. The lowest BCUT2D eigenvalue weighted by atomic mass is 10.0. The summed E-state index contributed by atoms with van der Waals surface area (Å²) in [6.45, 7) is 0. The highest BCUT2D eigenvalue weighted by Crippen LogP contribution is 2.38. The molecule has 0 unspecified atom stereocenters. The molecule has 6 heteroatoms. The third-order valence-electron chi connectivity index (χ3n) is 9.74. The zero-order chi connectivity index (χ0) is 34.4. The van der Waals surface area contributed by atoms with Crippen molar-refractivity contribution in [1.82, 2.24) is 24.5 Å². The minimum atomic E-state index is 0.821. The Morgan fingerprint density at radius 1 is 0.423 bits per heavy atom. The normalized spacial score (nSPS) is 11.5. The largest absolute Gasteiger partial charge is 0.295 e. The van der Waals surface area contributed by atoms with Gasteiger partial charge in [0, 0.05) is 51.5 Å². The van der Waals surface area contributed by atoms with Crippen LogP contribution < -0.4 is 4.90 Å². The van der Waals surface area contributed by atoms with Gasteiger partial charge in [-0.25, -0.2) is 15.0 Å². The van der Waals surface area contributed by atoms with Crippen molar-refractivity contribution >= 4 is 60.9 Å². The smallest absolute Gasteiger partial charge is 0.146 e. The lowest BCUT2D eigenvalue weighted by Crippen LogP contribution is -2.11. The van der Waals surface area contributed by atoms with Crippen molar-refractivity contribution in [2.45, 2.75) is 0 Å². The molecule has 52 heavy (non-hydrogen) atoms. The van der Waals surface area contributed by atoms with Crippen LogP contribution in [0.5, 0.6) is 0 Å². The van der Waals surface area contributed by atoms with Gasteiger partial charge in [-0.3, -0.25) is 14.5 Å². The first-order valence-electron chi connectivity index (χ1n) is 17.3. The number of benzene rings is 5. The van der Waals surface area contributed by atoms with E-state index in [1.54, 1.807) is 0 Å². The van der Waals surface area contributed by atoms with Crippen molar-refractivity contribution in [3.8, 4) is 28.1 Å². The molecule has 0 radical (unpaired) electrons. The van der Waals surface area contributed by atoms with Gasteiger partial charge in [-0.2, -0.15) is 0 Å². The number of fused-ring (bicyclic) bond motifs is 6. The molecule has 0 N–H and O–H groups in total. The van der Waals surface area contributed by atoms with E-state index in [9.17, 15) is 0 Å². The van der Waals surface area contributed by atoms with Gasteiger partial charge in [-0.15, -0.1) is 0 Å². The number of hydrogen-bond acceptors (Lipinski definition) is 5. The SMILES string of the molecule is c1ccc(-c2ccc(N(c3ccc(-c4ccc5c(c4)c4cccnc4n5-c4ccccn4)cc3)c3ccc4ccc5cccnc5c4n3)cc2)cc1. The third-order valence-corrected chi connectivity index (χ3v) is 9.74. The molecule has 5 heterocycles. The fourth-order valence-electron chi connectivity index (χ4n) is 7.23. The molecule has 0 bridgehead atoms. The molecular formula is C46H30N6. The first-order valence-corrected chi connectivity index (χ1v) is 17.3. The second-order valence-corrected chi connectivity index (χ2v) is 12.8. The van der Waals surface area contributed by atoms with E-state index in [2.05, 4.69) is 142 Å². The highest BCUT2D eigenvalue weighted by atomic mass is 15.2. The van der Waals surface area contributed by atoms with Crippen LogP contribution in [0.15, 0.2) is 182 Å². The van der Waals surface area contributed by atoms with Crippen molar-refractivity contribution in [3.63, 3.8) is 0 Å². The van der Waals surface area contributed by atoms with E-state index in [4.69, 9.17) is 15.0 Å². The van der Waals surface area contributed by atoms with Crippen LogP contribution in [0.1, 0.15) is 0 Å². The highest BCUT2D eigenvalue weighted by Gasteiger charge is 2.18. The molecule has 0 aliphatic rings. The summed E-state index contributed by atoms with van der Waals surface area (Å²) in [4.78, 5) is 21.6. The van der Waals surface area contributed by atoms with Gasteiger partial charge < -0.3 is 0 Å². The Hall–Kier alpha value is -7.18. The molecule has 0 amide bonds. The molecule has 0 spiro atoms. The zero-order valence-corrected chi connectivity index (χ0v) is 28.0. The first kappa shape index (κ1) is 29.7. The van der Waals surface area contributed by atoms with Gasteiger partial charge in [0.1, 0.15) is 17.3 Å². The monoisotopic (exact) mass is 666 g/mol. The lowest BCUT2D eigenvalue weighted by molar-refractivity contribution is 1.06. The van der Waals surface area contributed by atoms with Crippen molar-refractivity contribution in [1.29, 1.82) is 0 Å². The zero-order valence-electron chi connectivity index (χ0n) is 28.0. The quantitative estimate of drug-likeness (QED) is 0.165. The van der Waals surface area contributed by atoms with E-state index in [1.807, 2.05) is 55.0 Å². The molecule has 6 nitrogen and oxygen atoms in total. The fourth-order valence-corrected chi connectivity index (χ4v) is 7.23. The summed E-state index contributed by atoms with van der Waals surface area (Å²) >= 11 is 0. The summed E-state index contributed by atoms with van der Waals surface area (Å²) in [7, 11) is 0. The predicted molar refractivity (Wildman–Crippen MR) is 213 cm³/mol. The van der Waals surface area contributed by atoms with Gasteiger partial charge in [-0.05, 0) is 101 Å². The maximum absolute atomic E-state index is 5.26. The Balaban J connectivity index is 1.08. The Morgan fingerprint density at radius 2 is 1.06 bits per heavy atom. The van der Waals surface area contributed by atoms with Crippen LogP contribution in [0, 0.1) is 0 Å². The van der Waals surface area contributed by atoms with Crippen LogP contribution in [0.2, 0.25) is 0 Å². The van der Waals surface area contributed by atoms with E-state index in [0.717, 1.165) is 83.4 Å². The van der Waals surface area contributed by atoms with Gasteiger partial charge in [0.25, 0.3) is 0 Å². The van der Waals surface area contributed by atoms with Gasteiger partial charge in [-0.1, -0.05) is 84.9 Å². The van der Waals surface area contributed by atoms with Crippen molar-refractivity contribution in [2.75, 3.05) is 4.90 Å². The minimum absolute atomic E-state index is 0.821. The minimum Gasteiger partial charge on any atom is -0.295 e. The van der Waals surface area contributed by atoms with Crippen LogP contribution in [0.4, 0.5) is 17.2 Å². The topological polar surface area (TPSA) is 59.7 Å². The predicted octanol–water partition coefficient (Wildman–Crippen LogP) is 11.5. The van der Waals surface area contributed by atoms with Crippen LogP contribution in [0.25, 0.3) is 71.8 Å². The van der Waals surface area contributed by atoms with Gasteiger partial charge in [0.05, 0.1) is 16.6 Å². The molecule has 0 atom stereocenters. The molecule has 0 saturated carbocycles. The van der Waals surface area contributed by atoms with Crippen molar-refractivity contribution in [2.24, 2.45) is 0 Å². The molecule has 5 aromatic carbocycles. The number of pyridine rings is 4. The third kappa shape index (κ3) is 5.05. The Labute approximate surface area is 300 Å². The molecule has 244 valence electrons. The summed E-state index contributed by atoms with van der Waals surface area (Å²) < 4.78 is 2.13. The number of rotatable bonds is 6. The molecule has 5 aromatic heterocycles. The summed E-state index contributed by atoms with van der Waals surface area (Å²) in [5.41, 5.74) is 10.4. The van der Waals surface area contributed by atoms with E-state index < -0.39 is 0 Å². The van der Waals surface area contributed by atoms with Crippen molar-refractivity contribution in [3.05, 3.63) is 182 Å². The van der Waals surface area contributed by atoms with E-state index >= 15 is 0 Å². The summed E-state index contributed by atoms with van der Waals surface area (Å²) in [6.07, 6.45) is 5.49. The molecule has 0 aliphatic carbocycles. The number of nitrogens with zero attached hydrogens (tertiary/aromatic N) is 6. The van der Waals surface area contributed by atoms with E-state index in [-0.39, 0.29) is 0 Å². The molecule has 10 rings (SSSR count). The Bertz CT molecular complexity index is 2880. The Kier molecular flexibility index (Phi) is 7.03. The maximum Gasteiger partial charge on any atom is 0.146 e. The summed E-state index contributed by atoms with van der Waals surface area (Å²) in [5.74, 6) is 1.67. The number of hydrogen-bond donors (Lipinski definition) is 0. The standard InChI is InChI=1S/C46H30N6/c1-2-8-31(9-3-1)32-15-21-37(22-16-32)51(43-26-20-35-14-13-34-10-6-28-48-44(34)45(35)50-43)38-23-17-33(18-24-38)36-19-25-41-40(30-36)39-11-7-29-49-46(39)52(41)42-12-4-5-27-47-42/h1-30H. The van der Waals surface area contributed by atoms with Crippen LogP contribution >= 0.6 is 0 Å². The lowest BCUT2D eigenvalue weighted by Gasteiger charge is -2.25. The van der Waals surface area contributed by atoms with Crippen molar-refractivity contribution < 1.29 is 0 Å². The average Bonchev–Trinajstić information content (AvgIpc) is 3.56. The highest BCUT2D eigenvalue weighted by molar-refractivity contribution is 6.09. The van der Waals surface area contributed by atoms with Gasteiger partial charge in [0.15, 0.2) is 0 Å². The average molecular weight is 667 g/mol. The van der Waals surface area contributed by atoms with Crippen LogP contribution in [0.3, 0.4) is 0 Å². The summed E-state index contributed by atoms with van der Waals surface area (Å²) in [6, 6.07) is 57.1. The molecule has 0 fully saturated rings.